The van der Waals surface area contributed by atoms with E-state index in [2.05, 4.69) is 25.5 Å². The molecule has 1 aliphatic rings. The molecule has 0 amide bonds. The van der Waals surface area contributed by atoms with E-state index in [9.17, 15) is 4.79 Å². The van der Waals surface area contributed by atoms with Gasteiger partial charge in [0, 0.05) is 12.1 Å². The molecule has 1 rings (SSSR count). The predicted octanol–water partition coefficient (Wildman–Crippen LogP) is 2.83. The number of carbonyl (C=O) groups excluding carboxylic acids is 1. The van der Waals surface area contributed by atoms with Gasteiger partial charge >= 0.3 is 0 Å². The highest BCUT2D eigenvalue weighted by Crippen LogP contribution is 2.11. The summed E-state index contributed by atoms with van der Waals surface area (Å²) < 4.78 is 0. The molecule has 0 saturated carbocycles. The Bertz CT molecular complexity index is 248. The van der Waals surface area contributed by atoms with Crippen molar-refractivity contribution in [1.29, 1.82) is 0 Å². The lowest BCUT2D eigenvalue weighted by Crippen LogP contribution is -2.12. The number of carbonyl (C=O) groups is 1. The minimum absolute atomic E-state index is 0.605. The number of rotatable bonds is 3. The van der Waals surface area contributed by atoms with E-state index in [1.54, 1.807) is 12.2 Å². The van der Waals surface area contributed by atoms with Gasteiger partial charge in [0.15, 0.2) is 0 Å². The standard InChI is InChI=1S/C8H10O.C6H13N/c1-3-5-6-8(4-2)7-9;1-6-3-4-7(2)5-6/h3-7H,2H2,1H3;6H,3-5H2,1-2H3/b5-3-,8-6+;. The van der Waals surface area contributed by atoms with E-state index in [4.69, 9.17) is 0 Å². The molecule has 1 aliphatic heterocycles. The van der Waals surface area contributed by atoms with Crippen LogP contribution in [0.25, 0.3) is 0 Å². The van der Waals surface area contributed by atoms with Crippen molar-refractivity contribution in [3.63, 3.8) is 0 Å². The van der Waals surface area contributed by atoms with Gasteiger partial charge in [-0.15, -0.1) is 0 Å². The van der Waals surface area contributed by atoms with Crippen LogP contribution in [0.3, 0.4) is 0 Å². The monoisotopic (exact) mass is 221 g/mol. The van der Waals surface area contributed by atoms with Crippen molar-refractivity contribution in [3.8, 4) is 0 Å². The molecule has 0 aliphatic carbocycles. The van der Waals surface area contributed by atoms with Crippen LogP contribution in [0.4, 0.5) is 0 Å². The van der Waals surface area contributed by atoms with Crippen molar-refractivity contribution in [1.82, 2.24) is 4.90 Å². The first kappa shape index (κ1) is 14.8. The number of allylic oxidation sites excluding steroid dienone is 5. The first-order valence-electron chi connectivity index (χ1n) is 5.73. The second-order valence-corrected chi connectivity index (χ2v) is 4.17. The quantitative estimate of drug-likeness (QED) is 0.415. The van der Waals surface area contributed by atoms with E-state index in [1.807, 2.05) is 13.0 Å². The van der Waals surface area contributed by atoms with E-state index in [1.165, 1.54) is 25.6 Å². The number of nitrogens with zero attached hydrogens (tertiary/aromatic N) is 1. The van der Waals surface area contributed by atoms with Crippen LogP contribution in [-0.4, -0.2) is 31.3 Å². The van der Waals surface area contributed by atoms with Crippen LogP contribution < -0.4 is 0 Å². The van der Waals surface area contributed by atoms with Gasteiger partial charge in [-0.3, -0.25) is 4.79 Å². The Kier molecular flexibility index (Phi) is 8.45. The number of hydrogen-bond acceptors (Lipinski definition) is 2. The fourth-order valence-corrected chi connectivity index (χ4v) is 1.52. The fourth-order valence-electron chi connectivity index (χ4n) is 1.52. The Hall–Kier alpha value is -1.15. The van der Waals surface area contributed by atoms with Gasteiger partial charge in [0.05, 0.1) is 0 Å². The summed E-state index contributed by atoms with van der Waals surface area (Å²) in [6.07, 6.45) is 9.05. The lowest BCUT2D eigenvalue weighted by atomic mass is 10.2. The van der Waals surface area contributed by atoms with E-state index >= 15 is 0 Å². The first-order valence-corrected chi connectivity index (χ1v) is 5.73. The lowest BCUT2D eigenvalue weighted by molar-refractivity contribution is -0.104. The summed E-state index contributed by atoms with van der Waals surface area (Å²) in [4.78, 5) is 12.4. The Morgan fingerprint density at radius 3 is 2.44 bits per heavy atom. The van der Waals surface area contributed by atoms with E-state index in [-0.39, 0.29) is 0 Å². The summed E-state index contributed by atoms with van der Waals surface area (Å²) in [5.74, 6) is 0.949. The van der Waals surface area contributed by atoms with Gasteiger partial charge in [0.2, 0.25) is 0 Å². The van der Waals surface area contributed by atoms with E-state index < -0.39 is 0 Å². The number of likely N-dealkylation sites (tertiary alicyclic amines) is 1. The van der Waals surface area contributed by atoms with Crippen LogP contribution in [0.5, 0.6) is 0 Å². The average molecular weight is 221 g/mol. The maximum Gasteiger partial charge on any atom is 0.150 e. The maximum atomic E-state index is 10.1. The zero-order valence-electron chi connectivity index (χ0n) is 10.6. The molecule has 1 unspecified atom stereocenters. The van der Waals surface area contributed by atoms with Gasteiger partial charge < -0.3 is 4.90 Å². The molecule has 1 saturated heterocycles. The minimum Gasteiger partial charge on any atom is -0.306 e. The highest BCUT2D eigenvalue weighted by atomic mass is 16.1. The summed E-state index contributed by atoms with van der Waals surface area (Å²) >= 11 is 0. The molecule has 0 bridgehead atoms. The Labute approximate surface area is 99.3 Å². The van der Waals surface area contributed by atoms with Gasteiger partial charge in [0.25, 0.3) is 0 Å². The molecule has 0 radical (unpaired) electrons. The minimum atomic E-state index is 0.605. The molecule has 2 nitrogen and oxygen atoms in total. The third-order valence-electron chi connectivity index (χ3n) is 2.48. The lowest BCUT2D eigenvalue weighted by Gasteiger charge is -2.03. The Morgan fingerprint density at radius 1 is 1.50 bits per heavy atom. The molecule has 16 heavy (non-hydrogen) atoms. The van der Waals surface area contributed by atoms with Crippen molar-refractivity contribution in [2.75, 3.05) is 20.1 Å². The van der Waals surface area contributed by atoms with Crippen molar-refractivity contribution in [2.24, 2.45) is 5.92 Å². The second kappa shape index (κ2) is 9.10. The normalized spacial score (nSPS) is 21.7. The molecule has 0 aromatic rings. The molecule has 90 valence electrons. The van der Waals surface area contributed by atoms with Crippen molar-refractivity contribution in [3.05, 3.63) is 36.5 Å². The zero-order chi connectivity index (χ0) is 12.4. The van der Waals surface area contributed by atoms with Gasteiger partial charge in [-0.25, -0.2) is 0 Å². The van der Waals surface area contributed by atoms with Gasteiger partial charge in [-0.2, -0.15) is 0 Å². The van der Waals surface area contributed by atoms with Crippen molar-refractivity contribution < 1.29 is 4.79 Å². The van der Waals surface area contributed by atoms with Crippen LogP contribution in [0.15, 0.2) is 36.5 Å². The van der Waals surface area contributed by atoms with Gasteiger partial charge in [-0.1, -0.05) is 37.8 Å². The van der Waals surface area contributed by atoms with E-state index in [0.29, 0.717) is 5.57 Å². The van der Waals surface area contributed by atoms with E-state index in [0.717, 1.165) is 12.2 Å². The third kappa shape index (κ3) is 7.18. The smallest absolute Gasteiger partial charge is 0.150 e. The summed E-state index contributed by atoms with van der Waals surface area (Å²) in [6, 6.07) is 0. The SMILES string of the molecule is C=C/C(C=O)=C\C=C/C.CC1CCN(C)C1. The summed E-state index contributed by atoms with van der Waals surface area (Å²) in [5.41, 5.74) is 0.605. The topological polar surface area (TPSA) is 20.3 Å². The highest BCUT2D eigenvalue weighted by Gasteiger charge is 2.13. The number of hydrogen-bond donors (Lipinski definition) is 0. The Morgan fingerprint density at radius 2 is 2.19 bits per heavy atom. The Balaban J connectivity index is 0.000000288. The summed E-state index contributed by atoms with van der Waals surface area (Å²) in [7, 11) is 2.18. The van der Waals surface area contributed by atoms with Gasteiger partial charge in [-0.05, 0) is 32.9 Å². The fraction of sp³-hybridized carbons (Fsp3) is 0.500. The van der Waals surface area contributed by atoms with Crippen LogP contribution in [-0.2, 0) is 4.79 Å². The molecule has 1 atom stereocenters. The first-order chi connectivity index (χ1) is 7.63. The molecule has 1 fully saturated rings. The molecular formula is C14H23NO. The average Bonchev–Trinajstić information content (AvgIpc) is 2.65. The van der Waals surface area contributed by atoms with Crippen LogP contribution in [0.2, 0.25) is 0 Å². The molecule has 0 spiro atoms. The molecule has 1 heterocycles. The van der Waals surface area contributed by atoms with Crippen LogP contribution in [0, 0.1) is 5.92 Å². The summed E-state index contributed by atoms with van der Waals surface area (Å²) in [6.45, 7) is 10.3. The zero-order valence-corrected chi connectivity index (χ0v) is 10.6. The van der Waals surface area contributed by atoms with Crippen LogP contribution >= 0.6 is 0 Å². The molecule has 0 aromatic heterocycles. The second-order valence-electron chi connectivity index (χ2n) is 4.17. The predicted molar refractivity (Wildman–Crippen MR) is 70.4 cm³/mol. The molecule has 2 heteroatoms. The molecular weight excluding hydrogens is 198 g/mol. The van der Waals surface area contributed by atoms with Gasteiger partial charge in [0.1, 0.15) is 6.29 Å². The van der Waals surface area contributed by atoms with Crippen LogP contribution in [0.1, 0.15) is 20.3 Å². The van der Waals surface area contributed by atoms with Crippen molar-refractivity contribution >= 4 is 6.29 Å². The largest absolute Gasteiger partial charge is 0.306 e. The van der Waals surface area contributed by atoms with Crippen molar-refractivity contribution in [2.45, 2.75) is 20.3 Å². The third-order valence-corrected chi connectivity index (χ3v) is 2.48. The maximum absolute atomic E-state index is 10.1. The summed E-state index contributed by atoms with van der Waals surface area (Å²) in [5, 5.41) is 0. The highest BCUT2D eigenvalue weighted by molar-refractivity contribution is 5.77. The molecule has 0 aromatic carbocycles. The number of aldehydes is 1. The molecule has 0 N–H and O–H groups in total.